The van der Waals surface area contributed by atoms with Gasteiger partial charge in [0.05, 0.1) is 6.04 Å². The van der Waals surface area contributed by atoms with Gasteiger partial charge in [-0.15, -0.1) is 0 Å². The molecule has 0 unspecified atom stereocenters. The molecule has 0 saturated heterocycles. The van der Waals surface area contributed by atoms with Crippen LogP contribution in [0.15, 0.2) is 59.1 Å². The van der Waals surface area contributed by atoms with Crippen molar-refractivity contribution < 1.29 is 14.4 Å². The number of nitrogens with one attached hydrogen (secondary N) is 2. The van der Waals surface area contributed by atoms with Gasteiger partial charge in [0.1, 0.15) is 6.04 Å². The highest BCUT2D eigenvalue weighted by Crippen LogP contribution is 2.17. The van der Waals surface area contributed by atoms with E-state index in [9.17, 15) is 14.4 Å². The molecule has 0 aliphatic rings. The number of rotatable bonds is 9. The maximum absolute atomic E-state index is 12.2. The second-order valence-electron chi connectivity index (χ2n) is 6.52. The second kappa shape index (κ2) is 10.6. The number of benzene rings is 2. The second-order valence-corrected chi connectivity index (χ2v) is 7.37. The van der Waals surface area contributed by atoms with Gasteiger partial charge in [-0.2, -0.15) is 0 Å². The van der Waals surface area contributed by atoms with Crippen molar-refractivity contribution in [2.24, 2.45) is 5.73 Å². The minimum Gasteiger partial charge on any atom is -0.368 e. The number of hydrogen-bond donors (Lipinski definition) is 3. The van der Waals surface area contributed by atoms with Gasteiger partial charge < -0.3 is 16.4 Å². The van der Waals surface area contributed by atoms with Gasteiger partial charge in [-0.05, 0) is 24.1 Å². The van der Waals surface area contributed by atoms with Gasteiger partial charge in [0.25, 0.3) is 0 Å². The lowest BCUT2D eigenvalue weighted by Gasteiger charge is -2.17. The summed E-state index contributed by atoms with van der Waals surface area (Å²) in [5, 5.41) is 5.48. The third-order valence-corrected chi connectivity index (χ3v) is 5.09. The smallest absolute Gasteiger partial charge is 0.240 e. The molecule has 0 aromatic heterocycles. The van der Waals surface area contributed by atoms with Crippen molar-refractivity contribution in [2.75, 3.05) is 0 Å². The van der Waals surface area contributed by atoms with E-state index in [0.717, 1.165) is 15.6 Å². The van der Waals surface area contributed by atoms with Crippen LogP contribution in [0.1, 0.15) is 36.9 Å². The van der Waals surface area contributed by atoms with E-state index in [1.54, 1.807) is 0 Å². The maximum Gasteiger partial charge on any atom is 0.240 e. The normalized spacial score (nSPS) is 12.6. The van der Waals surface area contributed by atoms with Gasteiger partial charge in [-0.3, -0.25) is 14.4 Å². The third kappa shape index (κ3) is 6.81. The number of hydrogen-bond acceptors (Lipinski definition) is 3. The molecule has 0 fully saturated rings. The average molecular weight is 446 g/mol. The highest BCUT2D eigenvalue weighted by atomic mass is 79.9. The molecule has 0 aliphatic heterocycles. The SMILES string of the molecule is C[C@@H](NC(=O)CCC(=O)N[C@@H](Cc1ccccc1Br)C(N)=O)c1ccccc1. The number of nitrogens with two attached hydrogens (primary N) is 1. The van der Waals surface area contributed by atoms with E-state index < -0.39 is 17.9 Å². The van der Waals surface area contributed by atoms with Crippen LogP contribution in [0, 0.1) is 0 Å². The summed E-state index contributed by atoms with van der Waals surface area (Å²) in [6.07, 6.45) is 0.288. The summed E-state index contributed by atoms with van der Waals surface area (Å²) in [4.78, 5) is 36.0. The van der Waals surface area contributed by atoms with Crippen LogP contribution in [0.4, 0.5) is 0 Å². The Morgan fingerprint density at radius 1 is 0.929 bits per heavy atom. The largest absolute Gasteiger partial charge is 0.368 e. The van der Waals surface area contributed by atoms with Crippen LogP contribution >= 0.6 is 15.9 Å². The number of amides is 3. The van der Waals surface area contributed by atoms with Crippen molar-refractivity contribution >= 4 is 33.7 Å². The molecule has 0 bridgehead atoms. The van der Waals surface area contributed by atoms with Crippen molar-refractivity contribution in [3.05, 3.63) is 70.2 Å². The monoisotopic (exact) mass is 445 g/mol. The first kappa shape index (κ1) is 21.6. The highest BCUT2D eigenvalue weighted by Gasteiger charge is 2.20. The summed E-state index contributed by atoms with van der Waals surface area (Å²) >= 11 is 3.41. The van der Waals surface area contributed by atoms with Crippen molar-refractivity contribution in [1.82, 2.24) is 10.6 Å². The van der Waals surface area contributed by atoms with Crippen molar-refractivity contribution in [3.63, 3.8) is 0 Å². The fourth-order valence-corrected chi connectivity index (χ4v) is 3.19. The quantitative estimate of drug-likeness (QED) is 0.552. The predicted octanol–water partition coefficient (Wildman–Crippen LogP) is 2.62. The Morgan fingerprint density at radius 3 is 2.11 bits per heavy atom. The minimum absolute atomic E-state index is 0.0208. The van der Waals surface area contributed by atoms with Crippen LogP contribution in [-0.2, 0) is 20.8 Å². The van der Waals surface area contributed by atoms with Crippen LogP contribution in [0.2, 0.25) is 0 Å². The van der Waals surface area contributed by atoms with Crippen molar-refractivity contribution in [1.29, 1.82) is 0 Å². The number of carbonyl (C=O) groups excluding carboxylic acids is 3. The fraction of sp³-hybridized carbons (Fsp3) is 0.286. The van der Waals surface area contributed by atoms with E-state index in [1.807, 2.05) is 61.5 Å². The Morgan fingerprint density at radius 2 is 1.50 bits per heavy atom. The van der Waals surface area contributed by atoms with Crippen molar-refractivity contribution in [3.8, 4) is 0 Å². The van der Waals surface area contributed by atoms with E-state index in [0.29, 0.717) is 0 Å². The molecule has 148 valence electrons. The molecule has 0 spiro atoms. The standard InChI is InChI=1S/C21H24BrN3O3/c1-14(15-7-3-2-4-8-15)24-19(26)11-12-20(27)25-18(21(23)28)13-16-9-5-6-10-17(16)22/h2-10,14,18H,11-13H2,1H3,(H2,23,28)(H,24,26)(H,25,27)/t14-,18+/m1/s1. The molecular formula is C21H24BrN3O3. The van der Waals surface area contributed by atoms with Gasteiger partial charge >= 0.3 is 0 Å². The van der Waals surface area contributed by atoms with Crippen LogP contribution in [0.25, 0.3) is 0 Å². The Hall–Kier alpha value is -2.67. The first-order valence-corrected chi connectivity index (χ1v) is 9.82. The van der Waals surface area contributed by atoms with Gasteiger partial charge in [-0.1, -0.05) is 64.5 Å². The fourth-order valence-electron chi connectivity index (χ4n) is 2.74. The van der Waals surface area contributed by atoms with E-state index in [4.69, 9.17) is 5.73 Å². The molecule has 2 rings (SSSR count). The summed E-state index contributed by atoms with van der Waals surface area (Å²) in [7, 11) is 0. The van der Waals surface area contributed by atoms with Crippen LogP contribution in [0.5, 0.6) is 0 Å². The first-order valence-electron chi connectivity index (χ1n) is 9.03. The minimum atomic E-state index is -0.836. The summed E-state index contributed by atoms with van der Waals surface area (Å²) in [6, 6.07) is 16.0. The molecular weight excluding hydrogens is 422 g/mol. The summed E-state index contributed by atoms with van der Waals surface area (Å²) in [5.41, 5.74) is 7.27. The summed E-state index contributed by atoms with van der Waals surface area (Å²) < 4.78 is 0.838. The topological polar surface area (TPSA) is 101 Å². The van der Waals surface area contributed by atoms with E-state index in [1.165, 1.54) is 0 Å². The molecule has 2 aromatic rings. The Bertz CT molecular complexity index is 827. The average Bonchev–Trinajstić information content (AvgIpc) is 2.68. The highest BCUT2D eigenvalue weighted by molar-refractivity contribution is 9.10. The van der Waals surface area contributed by atoms with E-state index in [2.05, 4.69) is 26.6 Å². The zero-order valence-corrected chi connectivity index (χ0v) is 17.2. The van der Waals surface area contributed by atoms with E-state index >= 15 is 0 Å². The molecule has 0 radical (unpaired) electrons. The van der Waals surface area contributed by atoms with Gasteiger partial charge in [0.2, 0.25) is 17.7 Å². The number of primary amides is 1. The van der Waals surface area contributed by atoms with E-state index in [-0.39, 0.29) is 31.2 Å². The van der Waals surface area contributed by atoms with Crippen LogP contribution in [-0.4, -0.2) is 23.8 Å². The van der Waals surface area contributed by atoms with Crippen LogP contribution < -0.4 is 16.4 Å². The molecule has 28 heavy (non-hydrogen) atoms. The Kier molecular flexibility index (Phi) is 8.19. The zero-order valence-electron chi connectivity index (χ0n) is 15.7. The Balaban J connectivity index is 1.83. The Labute approximate surface area is 173 Å². The number of halogens is 1. The molecule has 4 N–H and O–H groups in total. The first-order chi connectivity index (χ1) is 13.4. The van der Waals surface area contributed by atoms with Gasteiger partial charge in [0, 0.05) is 23.7 Å². The third-order valence-electron chi connectivity index (χ3n) is 4.32. The predicted molar refractivity (Wildman–Crippen MR) is 111 cm³/mol. The molecule has 3 amide bonds. The lowest BCUT2D eigenvalue weighted by atomic mass is 10.1. The number of carbonyl (C=O) groups is 3. The van der Waals surface area contributed by atoms with Crippen molar-refractivity contribution in [2.45, 2.75) is 38.3 Å². The molecule has 2 atom stereocenters. The molecule has 0 aliphatic carbocycles. The lowest BCUT2D eigenvalue weighted by Crippen LogP contribution is -2.46. The van der Waals surface area contributed by atoms with Gasteiger partial charge in [-0.25, -0.2) is 0 Å². The van der Waals surface area contributed by atoms with Gasteiger partial charge in [0.15, 0.2) is 0 Å². The lowest BCUT2D eigenvalue weighted by molar-refractivity contribution is -0.129. The molecule has 7 heteroatoms. The summed E-state index contributed by atoms with van der Waals surface area (Å²) in [5.74, 6) is -1.24. The molecule has 6 nitrogen and oxygen atoms in total. The van der Waals surface area contributed by atoms with Crippen LogP contribution in [0.3, 0.4) is 0 Å². The zero-order chi connectivity index (χ0) is 20.5. The summed E-state index contributed by atoms with van der Waals surface area (Å²) in [6.45, 7) is 1.88. The molecule has 0 heterocycles. The molecule has 0 saturated carbocycles. The molecule has 2 aromatic carbocycles. The maximum atomic E-state index is 12.2.